The first-order valence-electron chi connectivity index (χ1n) is 6.85. The van der Waals surface area contributed by atoms with Crippen molar-refractivity contribution in [2.45, 2.75) is 47.8 Å². The molecule has 0 spiro atoms. The van der Waals surface area contributed by atoms with Crippen molar-refractivity contribution in [3.8, 4) is 0 Å². The van der Waals surface area contributed by atoms with Crippen LogP contribution < -0.4 is 0 Å². The fraction of sp³-hybridized carbons (Fsp3) is 1.00. The lowest BCUT2D eigenvalue weighted by molar-refractivity contribution is -0.348. The molecule has 130 valence electrons. The second kappa shape index (κ2) is 6.24. The zero-order valence-corrected chi connectivity index (χ0v) is 11.7. The quantitative estimate of drug-likeness (QED) is 0.249. The summed E-state index contributed by atoms with van der Waals surface area (Å²) in [7, 11) is 0. The number of hydrogen-bond donors (Lipinski definition) is 8. The molecule has 0 aromatic rings. The van der Waals surface area contributed by atoms with Crippen molar-refractivity contribution in [1.82, 2.24) is 0 Å². The van der Waals surface area contributed by atoms with Gasteiger partial charge in [-0.05, 0) is 0 Å². The van der Waals surface area contributed by atoms with Gasteiger partial charge in [-0.3, -0.25) is 0 Å². The van der Waals surface area contributed by atoms with Crippen molar-refractivity contribution in [1.29, 1.82) is 0 Å². The zero-order valence-electron chi connectivity index (χ0n) is 11.7. The molecule has 8 N–H and O–H groups in total. The van der Waals surface area contributed by atoms with Gasteiger partial charge in [0.1, 0.15) is 47.8 Å². The van der Waals surface area contributed by atoms with Crippen molar-refractivity contribution in [3.05, 3.63) is 0 Å². The van der Waals surface area contributed by atoms with E-state index in [2.05, 4.69) is 0 Å². The van der Waals surface area contributed by atoms with Crippen LogP contribution in [0.1, 0.15) is 0 Å². The van der Waals surface area contributed by atoms with Gasteiger partial charge in [-0.25, -0.2) is 0 Å². The zero-order chi connectivity index (χ0) is 16.7. The summed E-state index contributed by atoms with van der Waals surface area (Å²) in [5.74, 6) is 0. The van der Waals surface area contributed by atoms with Crippen molar-refractivity contribution in [2.75, 3.05) is 26.4 Å². The highest BCUT2D eigenvalue weighted by atomic mass is 16.6. The molecule has 2 rings (SSSR count). The summed E-state index contributed by atoms with van der Waals surface area (Å²) in [6.07, 6.45) is -9.74. The lowest BCUT2D eigenvalue weighted by atomic mass is 9.69. The summed E-state index contributed by atoms with van der Waals surface area (Å²) >= 11 is 0. The van der Waals surface area contributed by atoms with Crippen LogP contribution in [0.3, 0.4) is 0 Å². The molecule has 2 heterocycles. The Morgan fingerprint density at radius 3 is 1.32 bits per heavy atom. The van der Waals surface area contributed by atoms with Crippen LogP contribution in [0.25, 0.3) is 0 Å². The highest BCUT2D eigenvalue weighted by molar-refractivity contribution is 5.15. The molecule has 2 saturated heterocycles. The first kappa shape index (κ1) is 17.9. The summed E-state index contributed by atoms with van der Waals surface area (Å²) in [6, 6.07) is 0. The third-order valence-electron chi connectivity index (χ3n) is 4.53. The van der Waals surface area contributed by atoms with E-state index >= 15 is 0 Å². The van der Waals surface area contributed by atoms with Crippen molar-refractivity contribution >= 4 is 0 Å². The predicted octanol–water partition coefficient (Wildman–Crippen LogP) is -5.33. The Labute approximate surface area is 125 Å². The molecule has 8 atom stereocenters. The Bertz CT molecular complexity index is 358. The molecular weight excluding hydrogens is 304 g/mol. The molecule has 0 unspecified atom stereocenters. The molecule has 22 heavy (non-hydrogen) atoms. The van der Waals surface area contributed by atoms with E-state index in [1.54, 1.807) is 0 Å². The summed E-state index contributed by atoms with van der Waals surface area (Å²) in [4.78, 5) is 0. The molecule has 0 radical (unpaired) electrons. The van der Waals surface area contributed by atoms with Crippen LogP contribution in [0.2, 0.25) is 0 Å². The molecule has 10 nitrogen and oxygen atoms in total. The van der Waals surface area contributed by atoms with Crippen LogP contribution in [0.15, 0.2) is 0 Å². The Morgan fingerprint density at radius 1 is 0.727 bits per heavy atom. The predicted molar refractivity (Wildman–Crippen MR) is 67.6 cm³/mol. The van der Waals surface area contributed by atoms with E-state index in [1.807, 2.05) is 0 Å². The summed E-state index contributed by atoms with van der Waals surface area (Å²) < 4.78 is 10.0. The average molecular weight is 326 g/mol. The van der Waals surface area contributed by atoms with Crippen LogP contribution >= 0.6 is 0 Å². The molecular formula is C12H22O10. The first-order valence-corrected chi connectivity index (χ1v) is 6.85. The minimum atomic E-state index is -2.56. The van der Waals surface area contributed by atoms with Crippen LogP contribution in [0.4, 0.5) is 0 Å². The van der Waals surface area contributed by atoms with E-state index in [0.29, 0.717) is 0 Å². The third kappa shape index (κ3) is 2.45. The van der Waals surface area contributed by atoms with Crippen molar-refractivity contribution in [2.24, 2.45) is 0 Å². The molecule has 0 aromatic carbocycles. The maximum Gasteiger partial charge on any atom is 0.150 e. The lowest BCUT2D eigenvalue weighted by Gasteiger charge is -2.55. The number of ether oxygens (including phenoxy) is 2. The van der Waals surface area contributed by atoms with Crippen LogP contribution in [0.5, 0.6) is 0 Å². The summed E-state index contributed by atoms with van der Waals surface area (Å²) in [5.41, 5.74) is -5.11. The second-order valence-corrected chi connectivity index (χ2v) is 5.78. The van der Waals surface area contributed by atoms with E-state index in [9.17, 15) is 30.6 Å². The largest absolute Gasteiger partial charge is 0.394 e. The lowest BCUT2D eigenvalue weighted by Crippen LogP contribution is -2.79. The minimum Gasteiger partial charge on any atom is -0.394 e. The Kier molecular flexibility index (Phi) is 5.09. The van der Waals surface area contributed by atoms with Gasteiger partial charge < -0.3 is 50.3 Å². The third-order valence-corrected chi connectivity index (χ3v) is 4.53. The first-order chi connectivity index (χ1) is 10.2. The topological polar surface area (TPSA) is 180 Å². The molecule has 0 aromatic heterocycles. The Hall–Kier alpha value is -0.400. The number of hydrogen-bond acceptors (Lipinski definition) is 10. The highest BCUT2D eigenvalue weighted by Crippen LogP contribution is 2.39. The summed E-state index contributed by atoms with van der Waals surface area (Å²) in [6.45, 7) is -2.68. The maximum atomic E-state index is 10.6. The monoisotopic (exact) mass is 326 g/mol. The van der Waals surface area contributed by atoms with E-state index in [-0.39, 0.29) is 0 Å². The molecule has 10 heteroatoms. The van der Waals surface area contributed by atoms with E-state index in [4.69, 9.17) is 19.7 Å². The van der Waals surface area contributed by atoms with E-state index in [0.717, 1.165) is 0 Å². The van der Waals surface area contributed by atoms with Gasteiger partial charge in [-0.1, -0.05) is 0 Å². The standard InChI is InChI=1S/C12H22O10/c13-1-5-7(15)9(17)11(19,3-21-5)12(20)4-22-6(2-14)8(16)10(12)18/h5-10,13-20H,1-4H2/t5-,6-,7-,8-,9+,10+,11-,12+/m1/s1. The molecule has 0 amide bonds. The van der Waals surface area contributed by atoms with Gasteiger partial charge in [-0.2, -0.15) is 0 Å². The average Bonchev–Trinajstić information content (AvgIpc) is 2.51. The Morgan fingerprint density at radius 2 is 1.05 bits per heavy atom. The summed E-state index contributed by atoms with van der Waals surface area (Å²) in [5, 5.41) is 79.0. The highest BCUT2D eigenvalue weighted by Gasteiger charge is 2.66. The maximum absolute atomic E-state index is 10.6. The van der Waals surface area contributed by atoms with Gasteiger partial charge in [-0.15, -0.1) is 0 Å². The number of rotatable bonds is 3. The molecule has 2 aliphatic heterocycles. The van der Waals surface area contributed by atoms with Gasteiger partial charge >= 0.3 is 0 Å². The van der Waals surface area contributed by atoms with E-state index < -0.39 is 74.3 Å². The fourth-order valence-corrected chi connectivity index (χ4v) is 2.89. The van der Waals surface area contributed by atoms with Crippen LogP contribution in [-0.4, -0.2) is 115 Å². The van der Waals surface area contributed by atoms with Gasteiger partial charge in [0.25, 0.3) is 0 Å². The SMILES string of the molecule is OC[C@H]1OC[C@](O)([C@]2(O)CO[C@H](CO)[C@@H](O)[C@@H]2O)[C@@H](O)[C@@H]1O. The number of aliphatic hydroxyl groups is 8. The fourth-order valence-electron chi connectivity index (χ4n) is 2.89. The van der Waals surface area contributed by atoms with Crippen LogP contribution in [0, 0.1) is 0 Å². The Balaban J connectivity index is 2.28. The van der Waals surface area contributed by atoms with Gasteiger partial charge in [0.2, 0.25) is 0 Å². The minimum absolute atomic E-state index is 0.624. The number of aliphatic hydroxyl groups excluding tert-OH is 6. The molecule has 2 fully saturated rings. The van der Waals surface area contributed by atoms with E-state index in [1.165, 1.54) is 0 Å². The molecule has 2 aliphatic rings. The van der Waals surface area contributed by atoms with Crippen LogP contribution in [-0.2, 0) is 9.47 Å². The van der Waals surface area contributed by atoms with Crippen molar-refractivity contribution < 1.29 is 50.3 Å². The van der Waals surface area contributed by atoms with Gasteiger partial charge in [0.15, 0.2) is 0 Å². The smallest absolute Gasteiger partial charge is 0.150 e. The molecule has 0 aliphatic carbocycles. The van der Waals surface area contributed by atoms with Crippen molar-refractivity contribution in [3.63, 3.8) is 0 Å². The van der Waals surface area contributed by atoms with Gasteiger partial charge in [0.05, 0.1) is 26.4 Å². The molecule has 0 bridgehead atoms. The molecule has 0 saturated carbocycles. The normalized spacial score (nSPS) is 53.5. The second-order valence-electron chi connectivity index (χ2n) is 5.78. The van der Waals surface area contributed by atoms with Gasteiger partial charge in [0, 0.05) is 0 Å².